The number of rotatable bonds is 21. The number of amides is 7. The highest BCUT2D eigenvalue weighted by Gasteiger charge is 2.53. The molecule has 0 radical (unpaired) electrons. The van der Waals surface area contributed by atoms with Gasteiger partial charge in [-0.05, 0) is 121 Å². The summed E-state index contributed by atoms with van der Waals surface area (Å²) in [6.07, 6.45) is -29.1. The number of aromatic hydroxyl groups is 3. The summed E-state index contributed by atoms with van der Waals surface area (Å²) in [7, 11) is 1.46. The van der Waals surface area contributed by atoms with Gasteiger partial charge in [0, 0.05) is 53.7 Å². The van der Waals surface area contributed by atoms with Crippen LogP contribution in [0.4, 0.5) is 0 Å². The van der Waals surface area contributed by atoms with Gasteiger partial charge in [0.15, 0.2) is 30.1 Å². The monoisotopic (exact) mass is 1790 g/mol. The first kappa shape index (κ1) is 92.7. The summed E-state index contributed by atoms with van der Waals surface area (Å²) in [6, 6.07) is 18.1. The number of hydrogen-bond acceptors (Lipinski definition) is 30. The highest BCUT2D eigenvalue weighted by Crippen LogP contribution is 2.50. The summed E-state index contributed by atoms with van der Waals surface area (Å²) in [5.74, 6) is -16.8. The fourth-order valence-corrected chi connectivity index (χ4v) is 16.6. The van der Waals surface area contributed by atoms with Gasteiger partial charge >= 0.3 is 5.97 Å². The van der Waals surface area contributed by atoms with E-state index in [4.69, 9.17) is 72.6 Å². The topological polar surface area (TPSA) is 601 Å². The largest absolute Gasteiger partial charge is 0.508 e. The average Bonchev–Trinajstić information content (AvgIpc) is 0.818. The van der Waals surface area contributed by atoms with E-state index in [1.807, 2.05) is 74.5 Å². The summed E-state index contributed by atoms with van der Waals surface area (Å²) in [5.41, 5.74) is 9.91. The third-order valence-electron chi connectivity index (χ3n) is 22.8. The van der Waals surface area contributed by atoms with E-state index in [9.17, 15) is 75.7 Å². The number of carboxylic acids is 1. The highest BCUT2D eigenvalue weighted by molar-refractivity contribution is 6.32. The van der Waals surface area contributed by atoms with Gasteiger partial charge in [-0.1, -0.05) is 116 Å². The van der Waals surface area contributed by atoms with E-state index in [0.29, 0.717) is 0 Å². The maximum absolute atomic E-state index is 16.5. The van der Waals surface area contributed by atoms with Crippen LogP contribution in [-0.2, 0) is 62.0 Å². The fraction of sp³-hybridized carbons (Fsp3) is 0.419. The number of ether oxygens (including phenoxy) is 8. The van der Waals surface area contributed by atoms with Gasteiger partial charge in [0.2, 0.25) is 53.4 Å². The molecule has 0 aliphatic carbocycles. The number of halogens is 2. The maximum Gasteiger partial charge on any atom is 0.330 e. The third kappa shape index (κ3) is 20.2. The van der Waals surface area contributed by atoms with Gasteiger partial charge in [0.25, 0.3) is 0 Å². The van der Waals surface area contributed by atoms with Crippen molar-refractivity contribution >= 4 is 70.5 Å². The summed E-state index contributed by atoms with van der Waals surface area (Å²) in [4.78, 5) is 120. The first-order valence-corrected chi connectivity index (χ1v) is 41.1. The number of hydrogen-bond donors (Lipinski definition) is 22. The van der Waals surface area contributed by atoms with Crippen LogP contribution < -0.4 is 68.2 Å². The van der Waals surface area contributed by atoms with Gasteiger partial charge in [-0.2, -0.15) is 0 Å². The summed E-state index contributed by atoms with van der Waals surface area (Å²) in [5, 5.41) is 160. The number of phenolic OH excluding ortho intramolecular Hbond substituents is 3. The van der Waals surface area contributed by atoms with Crippen LogP contribution in [0.1, 0.15) is 122 Å². The molecular weight excluding hydrogens is 1690 g/mol. The van der Waals surface area contributed by atoms with Crippen molar-refractivity contribution in [2.45, 2.75) is 193 Å². The lowest BCUT2D eigenvalue weighted by Gasteiger charge is -2.46. The van der Waals surface area contributed by atoms with Crippen LogP contribution in [0.15, 0.2) is 140 Å². The Balaban J connectivity index is 0.972. The van der Waals surface area contributed by atoms with E-state index in [2.05, 4.69) is 42.5 Å². The minimum atomic E-state index is -2.42. The highest BCUT2D eigenvalue weighted by atomic mass is 35.5. The summed E-state index contributed by atoms with van der Waals surface area (Å²) >= 11 is 14.5. The Morgan fingerprint density at radius 3 is 1.83 bits per heavy atom. The number of likely N-dealkylation sites (N-methyl/N-ethyl adjacent to an activating group) is 1. The Bertz CT molecular complexity index is 5160. The molecule has 8 aliphatic rings. The summed E-state index contributed by atoms with van der Waals surface area (Å²) < 4.78 is 51.5. The van der Waals surface area contributed by atoms with E-state index in [1.165, 1.54) is 33.0 Å². The minimum absolute atomic E-state index is 0.129. The number of carboxylic acid groups (broad SMARTS) is 1. The van der Waals surface area contributed by atoms with Crippen molar-refractivity contribution in [1.82, 2.24) is 42.5 Å². The molecule has 1 unspecified atom stereocenters. The molecule has 0 spiro atoms. The van der Waals surface area contributed by atoms with Crippen molar-refractivity contribution in [3.05, 3.63) is 189 Å². The second-order valence-electron chi connectivity index (χ2n) is 32.4. The zero-order valence-electron chi connectivity index (χ0n) is 68.2. The lowest BCUT2D eigenvalue weighted by molar-refractivity contribution is -0.350. The van der Waals surface area contributed by atoms with Crippen molar-refractivity contribution in [3.8, 4) is 57.1 Å². The Kier molecular flexibility index (Phi) is 28.8. The van der Waals surface area contributed by atoms with Gasteiger partial charge in [-0.3, -0.25) is 33.6 Å². The molecule has 126 heavy (non-hydrogen) atoms. The Morgan fingerprint density at radius 1 is 0.627 bits per heavy atom. The normalized spacial score (nSPS) is 29.6. The number of benzene rings is 7. The number of fused-ring (bicyclic) bond motifs is 15. The molecule has 24 N–H and O–H groups in total. The van der Waals surface area contributed by atoms with Gasteiger partial charge in [-0.15, -0.1) is 0 Å². The summed E-state index contributed by atoms with van der Waals surface area (Å²) in [6.45, 7) is 5.54. The molecule has 23 atom stereocenters. The maximum atomic E-state index is 16.5. The fourth-order valence-electron chi connectivity index (χ4n) is 16.2. The van der Waals surface area contributed by atoms with Crippen LogP contribution in [-0.4, -0.2) is 245 Å². The molecule has 38 nitrogen and oxygen atoms in total. The van der Waals surface area contributed by atoms with Crippen molar-refractivity contribution in [2.24, 2.45) is 17.4 Å². The van der Waals surface area contributed by atoms with E-state index < -0.39 is 279 Å². The molecule has 8 aliphatic heterocycles. The SMILES string of the molecule is CN[C@H](CC(C)C)C(=O)NC1C(=O)N[C@H](CC(N)=O)C(=O)N[C@H]2C(=O)N[C@H]3C(=O)N[C@H](C(=O)N[C@@H](C(=O)O)c4cc(O)cc(O)c4-c4cc3ccc4O)[C@H](O[C@H]3C[C@](C)(N)[C@@H](O)[C@H](C)O3)c3ccc(c(Cl)c3)Oc3cc2cc(c3O[C@@H]2O[C@H](CO)[C@@H](O[C@@H]3O[C@H](CNCC(c4ccccc4)c4ccccc4)[C@H](O)[C@H](O)[C@H]3O)[C@H](O)[C@H]2O)Oc2ccc(cc2Cl)[C@H]1O. The first-order chi connectivity index (χ1) is 59.9. The van der Waals surface area contributed by atoms with Crippen molar-refractivity contribution in [1.29, 1.82) is 0 Å². The van der Waals surface area contributed by atoms with Crippen LogP contribution in [0, 0.1) is 5.92 Å². The molecule has 674 valence electrons. The molecule has 3 fully saturated rings. The Labute approximate surface area is 729 Å². The first-order valence-electron chi connectivity index (χ1n) is 40.3. The molecule has 3 saturated heterocycles. The Hall–Kier alpha value is -11.0. The minimum Gasteiger partial charge on any atom is -0.508 e. The molecule has 0 aromatic heterocycles. The lowest BCUT2D eigenvalue weighted by Crippen LogP contribution is -2.65. The molecule has 40 heteroatoms. The van der Waals surface area contributed by atoms with Crippen LogP contribution in [0.2, 0.25) is 10.0 Å². The number of nitrogens with one attached hydrogen (secondary N) is 8. The van der Waals surface area contributed by atoms with Crippen molar-refractivity contribution in [3.63, 3.8) is 0 Å². The lowest BCUT2D eigenvalue weighted by atomic mass is 9.86. The van der Waals surface area contributed by atoms with E-state index in [0.717, 1.165) is 77.9 Å². The number of carbonyl (C=O) groups is 8. The van der Waals surface area contributed by atoms with Gasteiger partial charge in [0.05, 0.1) is 41.3 Å². The number of aliphatic hydroxyl groups is 8. The molecule has 0 saturated carbocycles. The van der Waals surface area contributed by atoms with E-state index in [1.54, 1.807) is 0 Å². The van der Waals surface area contributed by atoms with Crippen LogP contribution in [0.25, 0.3) is 11.1 Å². The number of phenols is 3. The number of carbonyl (C=O) groups excluding carboxylic acids is 7. The van der Waals surface area contributed by atoms with Crippen LogP contribution in [0.3, 0.4) is 0 Å². The van der Waals surface area contributed by atoms with E-state index in [-0.39, 0.29) is 54.5 Å². The second kappa shape index (κ2) is 39.1. The van der Waals surface area contributed by atoms with E-state index >= 15 is 24.0 Å². The van der Waals surface area contributed by atoms with Gasteiger partial charge in [-0.25, -0.2) is 4.79 Å². The molecular formula is C86H98Cl2N10O28. The molecule has 8 heterocycles. The number of aliphatic carboxylic acids is 1. The van der Waals surface area contributed by atoms with Gasteiger partial charge < -0.3 is 153 Å². The predicted octanol–water partition coefficient (Wildman–Crippen LogP) is 1.36. The Morgan fingerprint density at radius 2 is 1.22 bits per heavy atom. The standard InChI is InChI=1S/C86H98Cl2N10O28/c1-35(2)22-49(91-5)77(111)97-65-67(104)40-17-20-53(47(87)24-40)120-55-26-42-27-56(74(55)125-85-72(109)70(107)75(58(34-99)123-85)126-84-71(108)69(106)68(105)57(122-84)33-92-32-46(37-12-8-6-9-13-37)38-14-10-7-11-15-38)121-54-21-18-41(25-48(54)88)73(124-60-31-86(4,90)76(110)36(3)119-60)66-82(116)96-64(83(117)118)45-28-43(100)29-52(102)61(45)44-23-39(16-19-51(44)101)62(79(113)98-66)95-80(114)63(42)94-78(112)50(30-59(89)103)93-81(65)115/h6-21,23-29,35-36,46,49-50,57-58,60,62-73,75-76,84-85,91-92,99-102,104-110H,22,30-34,90H2,1-5H3,(H2,89,103)(H,93,115)(H,94,112)(H,95,114)(H,96,116)(H,97,111)(H,98,113)(H,117,118)/t36-,49+,50+,57+,58+,60-,62+,63+,64+,65?,66-,67+,68-,69-,70+,71+,72+,73+,75+,76-,84-,85-,86-/m0/s1. The number of nitrogens with two attached hydrogens (primary N) is 2. The zero-order valence-corrected chi connectivity index (χ0v) is 69.7. The smallest absolute Gasteiger partial charge is 0.330 e. The zero-order chi connectivity index (χ0) is 90.8. The third-order valence-corrected chi connectivity index (χ3v) is 23.4. The number of aliphatic hydroxyl groups excluding tert-OH is 8. The van der Waals surface area contributed by atoms with Gasteiger partial charge in [0.1, 0.15) is 120 Å². The molecule has 7 aromatic rings. The molecule has 11 bridgehead atoms. The molecule has 7 amide bonds. The predicted molar refractivity (Wildman–Crippen MR) is 442 cm³/mol. The van der Waals surface area contributed by atoms with Crippen LogP contribution in [0.5, 0.6) is 46.0 Å². The quantitative estimate of drug-likeness (QED) is 0.0483. The van der Waals surface area contributed by atoms with Crippen molar-refractivity contribution in [2.75, 3.05) is 26.7 Å². The molecule has 7 aromatic carbocycles. The number of primary amides is 1. The van der Waals surface area contributed by atoms with Crippen molar-refractivity contribution < 1.29 is 138 Å². The molecule has 15 rings (SSSR count). The van der Waals surface area contributed by atoms with Crippen LogP contribution >= 0.6 is 23.2 Å². The average molecular weight is 1790 g/mol. The second-order valence-corrected chi connectivity index (χ2v) is 33.2.